The maximum absolute atomic E-state index is 12.8. The highest BCUT2D eigenvalue weighted by molar-refractivity contribution is 7.99. The van der Waals surface area contributed by atoms with Crippen LogP contribution in [0.15, 0.2) is 53.9 Å². The quantitative estimate of drug-likeness (QED) is 0.540. The number of thioether (sulfide) groups is 1. The average Bonchev–Trinajstić information content (AvgIpc) is 3.26. The lowest BCUT2D eigenvalue weighted by Crippen LogP contribution is -2.47. The second-order valence-electron chi connectivity index (χ2n) is 8.08. The summed E-state index contributed by atoms with van der Waals surface area (Å²) >= 11 is 1.42. The predicted octanol–water partition coefficient (Wildman–Crippen LogP) is 3.18. The Morgan fingerprint density at radius 2 is 1.97 bits per heavy atom. The van der Waals surface area contributed by atoms with E-state index in [9.17, 15) is 9.59 Å². The smallest absolute Gasteiger partial charge is 0.253 e. The molecule has 2 aromatic heterocycles. The van der Waals surface area contributed by atoms with E-state index in [1.54, 1.807) is 24.5 Å². The van der Waals surface area contributed by atoms with Crippen LogP contribution in [0.4, 0.5) is 0 Å². The average molecular weight is 465 g/mol. The molecular weight excluding hydrogens is 436 g/mol. The first-order chi connectivity index (χ1) is 16.0. The molecule has 0 atom stereocenters. The number of nitrogens with one attached hydrogen (secondary N) is 1. The van der Waals surface area contributed by atoms with Gasteiger partial charge in [-0.25, -0.2) is 0 Å². The second kappa shape index (κ2) is 10.6. The Morgan fingerprint density at radius 1 is 1.15 bits per heavy atom. The first kappa shape index (κ1) is 23.0. The monoisotopic (exact) mass is 464 g/mol. The number of piperidine rings is 1. The van der Waals surface area contributed by atoms with Gasteiger partial charge < -0.3 is 14.8 Å². The van der Waals surface area contributed by atoms with Gasteiger partial charge in [-0.1, -0.05) is 35.5 Å². The maximum atomic E-state index is 12.8. The van der Waals surface area contributed by atoms with Crippen LogP contribution in [0.25, 0.3) is 11.4 Å². The number of likely N-dealkylation sites (tertiary alicyclic amines) is 1. The number of nitrogens with zero attached hydrogens (tertiary/aromatic N) is 5. The van der Waals surface area contributed by atoms with Gasteiger partial charge in [-0.15, -0.1) is 10.2 Å². The molecule has 9 heteroatoms. The van der Waals surface area contributed by atoms with Gasteiger partial charge in [0.2, 0.25) is 5.91 Å². The Labute approximate surface area is 197 Å². The number of benzene rings is 1. The number of aromatic nitrogens is 4. The van der Waals surface area contributed by atoms with Crippen molar-refractivity contribution in [3.63, 3.8) is 0 Å². The van der Waals surface area contributed by atoms with Crippen LogP contribution in [-0.2, 0) is 11.3 Å². The van der Waals surface area contributed by atoms with Gasteiger partial charge in [0, 0.05) is 43.6 Å². The Kier molecular flexibility index (Phi) is 7.39. The number of carbonyl (C=O) groups excluding carboxylic acids is 2. The molecule has 0 aliphatic carbocycles. The largest absolute Gasteiger partial charge is 0.349 e. The van der Waals surface area contributed by atoms with E-state index in [1.165, 1.54) is 17.3 Å². The molecule has 1 saturated heterocycles. The summed E-state index contributed by atoms with van der Waals surface area (Å²) in [5.41, 5.74) is 2.75. The van der Waals surface area contributed by atoms with Gasteiger partial charge in [-0.05, 0) is 44.9 Å². The topological polar surface area (TPSA) is 93.0 Å². The molecule has 0 saturated carbocycles. The fraction of sp³-hybridized carbons (Fsp3) is 0.375. The van der Waals surface area contributed by atoms with E-state index in [0.717, 1.165) is 35.9 Å². The van der Waals surface area contributed by atoms with Crippen molar-refractivity contribution in [2.24, 2.45) is 0 Å². The number of hydrogen-bond acceptors (Lipinski definition) is 6. The van der Waals surface area contributed by atoms with E-state index < -0.39 is 0 Å². The molecule has 0 spiro atoms. The molecule has 1 aromatic carbocycles. The SMILES string of the molecule is CCn1c(SCC(=O)N2CCC(NC(=O)c3cccnc3)CC2)nnc1-c1cccc(C)c1. The molecule has 1 aliphatic rings. The van der Waals surface area contributed by atoms with Crippen molar-refractivity contribution in [3.05, 3.63) is 59.9 Å². The normalized spacial score (nSPS) is 14.3. The van der Waals surface area contributed by atoms with Crippen LogP contribution in [-0.4, -0.2) is 61.3 Å². The molecule has 8 nitrogen and oxygen atoms in total. The minimum absolute atomic E-state index is 0.0643. The van der Waals surface area contributed by atoms with Crippen molar-refractivity contribution >= 4 is 23.6 Å². The molecule has 2 amide bonds. The van der Waals surface area contributed by atoms with E-state index in [2.05, 4.69) is 46.5 Å². The second-order valence-corrected chi connectivity index (χ2v) is 9.02. The van der Waals surface area contributed by atoms with Gasteiger partial charge >= 0.3 is 0 Å². The zero-order chi connectivity index (χ0) is 23.2. The lowest BCUT2D eigenvalue weighted by Gasteiger charge is -2.32. The summed E-state index contributed by atoms with van der Waals surface area (Å²) in [7, 11) is 0. The van der Waals surface area contributed by atoms with Crippen molar-refractivity contribution in [2.45, 2.75) is 44.4 Å². The third-order valence-electron chi connectivity index (χ3n) is 5.74. The molecule has 1 N–H and O–H groups in total. The third kappa shape index (κ3) is 5.60. The predicted molar refractivity (Wildman–Crippen MR) is 128 cm³/mol. The Morgan fingerprint density at radius 3 is 2.67 bits per heavy atom. The van der Waals surface area contributed by atoms with Crippen molar-refractivity contribution in [2.75, 3.05) is 18.8 Å². The standard InChI is InChI=1S/C24H28N6O2S/c1-3-30-22(18-7-4-6-17(2)14-18)27-28-24(30)33-16-21(31)29-12-9-20(10-13-29)26-23(32)19-8-5-11-25-15-19/h4-8,11,14-15,20H,3,9-10,12-13,16H2,1-2H3,(H,26,32). The molecule has 3 aromatic rings. The highest BCUT2D eigenvalue weighted by atomic mass is 32.2. The molecule has 3 heterocycles. The molecule has 1 fully saturated rings. The van der Waals surface area contributed by atoms with Crippen molar-refractivity contribution in [3.8, 4) is 11.4 Å². The third-order valence-corrected chi connectivity index (χ3v) is 6.69. The lowest BCUT2D eigenvalue weighted by molar-refractivity contribution is -0.129. The van der Waals surface area contributed by atoms with Gasteiger partial charge in [-0.2, -0.15) is 0 Å². The van der Waals surface area contributed by atoms with Crippen LogP contribution in [0.1, 0.15) is 35.7 Å². The van der Waals surface area contributed by atoms with Gasteiger partial charge in [0.25, 0.3) is 5.91 Å². The Hall–Kier alpha value is -3.20. The van der Waals surface area contributed by atoms with Crippen LogP contribution in [0.5, 0.6) is 0 Å². The van der Waals surface area contributed by atoms with Crippen LogP contribution >= 0.6 is 11.8 Å². The molecule has 172 valence electrons. The maximum Gasteiger partial charge on any atom is 0.253 e. The summed E-state index contributed by atoms with van der Waals surface area (Å²) < 4.78 is 2.05. The number of pyridine rings is 1. The van der Waals surface area contributed by atoms with E-state index in [4.69, 9.17) is 0 Å². The minimum Gasteiger partial charge on any atom is -0.349 e. The van der Waals surface area contributed by atoms with Gasteiger partial charge in [0.1, 0.15) is 0 Å². The molecular formula is C24H28N6O2S. The number of amides is 2. The fourth-order valence-electron chi connectivity index (χ4n) is 3.93. The zero-order valence-electron chi connectivity index (χ0n) is 18.9. The van der Waals surface area contributed by atoms with Crippen molar-refractivity contribution in [1.82, 2.24) is 30.0 Å². The van der Waals surface area contributed by atoms with Crippen LogP contribution in [0, 0.1) is 6.92 Å². The molecule has 0 bridgehead atoms. The Balaban J connectivity index is 1.29. The Bertz CT molecular complexity index is 1110. The van der Waals surface area contributed by atoms with Crippen molar-refractivity contribution in [1.29, 1.82) is 0 Å². The number of rotatable bonds is 7. The highest BCUT2D eigenvalue weighted by Crippen LogP contribution is 2.25. The highest BCUT2D eigenvalue weighted by Gasteiger charge is 2.25. The fourth-order valence-corrected chi connectivity index (χ4v) is 4.84. The number of hydrogen-bond donors (Lipinski definition) is 1. The van der Waals surface area contributed by atoms with Crippen LogP contribution < -0.4 is 5.32 Å². The molecule has 0 unspecified atom stereocenters. The molecule has 0 radical (unpaired) electrons. The van der Waals surface area contributed by atoms with E-state index in [1.807, 2.05) is 21.6 Å². The summed E-state index contributed by atoms with van der Waals surface area (Å²) in [6.45, 7) is 6.10. The van der Waals surface area contributed by atoms with Crippen molar-refractivity contribution < 1.29 is 9.59 Å². The number of carbonyl (C=O) groups is 2. The van der Waals surface area contributed by atoms with E-state index >= 15 is 0 Å². The molecule has 1 aliphatic heterocycles. The van der Waals surface area contributed by atoms with E-state index in [-0.39, 0.29) is 17.9 Å². The summed E-state index contributed by atoms with van der Waals surface area (Å²) in [6.07, 6.45) is 4.69. The number of aryl methyl sites for hydroxylation is 1. The first-order valence-electron chi connectivity index (χ1n) is 11.2. The summed E-state index contributed by atoms with van der Waals surface area (Å²) in [4.78, 5) is 31.0. The van der Waals surface area contributed by atoms with Gasteiger partial charge in [0.15, 0.2) is 11.0 Å². The zero-order valence-corrected chi connectivity index (χ0v) is 19.7. The van der Waals surface area contributed by atoms with E-state index in [0.29, 0.717) is 24.4 Å². The summed E-state index contributed by atoms with van der Waals surface area (Å²) in [5.74, 6) is 1.10. The van der Waals surface area contributed by atoms with Gasteiger partial charge in [0.05, 0.1) is 11.3 Å². The van der Waals surface area contributed by atoms with Crippen LogP contribution in [0.3, 0.4) is 0 Å². The first-order valence-corrected chi connectivity index (χ1v) is 12.2. The summed E-state index contributed by atoms with van der Waals surface area (Å²) in [5, 5.41) is 12.5. The lowest BCUT2D eigenvalue weighted by atomic mass is 10.0. The molecule has 33 heavy (non-hydrogen) atoms. The van der Waals surface area contributed by atoms with Gasteiger partial charge in [-0.3, -0.25) is 14.6 Å². The summed E-state index contributed by atoms with van der Waals surface area (Å²) in [6, 6.07) is 11.7. The minimum atomic E-state index is -0.119. The molecule has 4 rings (SSSR count). The van der Waals surface area contributed by atoms with Crippen LogP contribution in [0.2, 0.25) is 0 Å².